The van der Waals surface area contributed by atoms with Crippen LogP contribution >= 0.6 is 0 Å². The van der Waals surface area contributed by atoms with Crippen LogP contribution in [0, 0.1) is 6.92 Å². The third kappa shape index (κ3) is 7.41. The molecule has 3 rings (SSSR count). The Kier molecular flexibility index (Phi) is 9.23. The Balaban J connectivity index is 1.63. The Morgan fingerprint density at radius 3 is 2.53 bits per heavy atom. The zero-order chi connectivity index (χ0) is 26.2. The number of hydroxylamine groups is 2. The van der Waals surface area contributed by atoms with Crippen molar-refractivity contribution in [2.75, 3.05) is 39.6 Å². The number of pyridine rings is 1. The average molecular weight is 503 g/mol. The van der Waals surface area contributed by atoms with Gasteiger partial charge in [-0.25, -0.2) is 9.78 Å². The fourth-order valence-corrected chi connectivity index (χ4v) is 3.52. The number of likely N-dealkylation sites (N-methyl/N-ethyl adjacent to an activating group) is 1. The number of piperidine rings is 1. The summed E-state index contributed by atoms with van der Waals surface area (Å²) < 4.78 is 16.7. The summed E-state index contributed by atoms with van der Waals surface area (Å²) in [6, 6.07) is 3.65. The lowest BCUT2D eigenvalue weighted by Crippen LogP contribution is -2.40. The van der Waals surface area contributed by atoms with Gasteiger partial charge in [0.05, 0.1) is 36.7 Å². The van der Waals surface area contributed by atoms with Crippen LogP contribution in [-0.2, 0) is 20.8 Å². The van der Waals surface area contributed by atoms with Crippen LogP contribution in [0.15, 0.2) is 18.5 Å². The second-order valence-corrected chi connectivity index (χ2v) is 8.84. The smallest absolute Gasteiger partial charge is 0.489 e. The fourth-order valence-electron chi connectivity index (χ4n) is 3.52. The van der Waals surface area contributed by atoms with E-state index in [2.05, 4.69) is 20.3 Å². The molecule has 196 valence electrons. The first-order valence-electron chi connectivity index (χ1n) is 11.8. The lowest BCUT2D eigenvalue weighted by atomic mass is 10.1. The monoisotopic (exact) mass is 502 g/mol. The van der Waals surface area contributed by atoms with Crippen molar-refractivity contribution < 1.29 is 28.6 Å². The molecule has 0 aromatic carbocycles. The molecule has 0 atom stereocenters. The van der Waals surface area contributed by atoms with Crippen molar-refractivity contribution in [2.24, 2.45) is 0 Å². The second kappa shape index (κ2) is 12.3. The highest BCUT2D eigenvalue weighted by atomic mass is 16.8. The zero-order valence-corrected chi connectivity index (χ0v) is 21.6. The highest BCUT2D eigenvalue weighted by Gasteiger charge is 2.26. The van der Waals surface area contributed by atoms with Crippen LogP contribution < -0.4 is 14.8 Å². The summed E-state index contributed by atoms with van der Waals surface area (Å²) in [6.07, 6.45) is 1.79. The quantitative estimate of drug-likeness (QED) is 0.508. The molecule has 3 heterocycles. The van der Waals surface area contributed by atoms with Crippen molar-refractivity contribution in [3.63, 3.8) is 0 Å². The number of amides is 1. The second-order valence-electron chi connectivity index (χ2n) is 8.84. The van der Waals surface area contributed by atoms with Crippen LogP contribution in [0.4, 0.5) is 16.3 Å². The van der Waals surface area contributed by atoms with Crippen LogP contribution in [0.25, 0.3) is 0 Å². The molecule has 1 aliphatic rings. The lowest BCUT2D eigenvalue weighted by molar-refractivity contribution is -0.151. The van der Waals surface area contributed by atoms with Crippen LogP contribution in [0.1, 0.15) is 38.1 Å². The number of rotatable bonds is 9. The molecule has 1 aliphatic heterocycles. The number of hydrogen-bond donors (Lipinski definition) is 1. The van der Waals surface area contributed by atoms with Gasteiger partial charge in [-0.3, -0.25) is 9.78 Å². The third-order valence-corrected chi connectivity index (χ3v) is 5.42. The van der Waals surface area contributed by atoms with E-state index in [0.29, 0.717) is 54.8 Å². The van der Waals surface area contributed by atoms with Gasteiger partial charge >= 0.3 is 6.16 Å². The van der Waals surface area contributed by atoms with Crippen molar-refractivity contribution in [1.82, 2.24) is 24.9 Å². The minimum atomic E-state index is -0.709. The molecule has 2 aromatic heterocycles. The van der Waals surface area contributed by atoms with Gasteiger partial charge < -0.3 is 29.3 Å². The number of anilines is 2. The molecule has 12 nitrogen and oxygen atoms in total. The van der Waals surface area contributed by atoms with Crippen molar-refractivity contribution >= 4 is 23.6 Å². The van der Waals surface area contributed by atoms with Crippen molar-refractivity contribution in [1.29, 1.82) is 0 Å². The molecule has 0 radical (unpaired) electrons. The maximum Gasteiger partial charge on any atom is 0.528 e. The van der Waals surface area contributed by atoms with Gasteiger partial charge in [0.15, 0.2) is 5.82 Å². The molecule has 0 saturated carbocycles. The third-order valence-electron chi connectivity index (χ3n) is 5.42. The summed E-state index contributed by atoms with van der Waals surface area (Å²) in [6.45, 7) is 6.39. The molecule has 1 fully saturated rings. The maximum absolute atomic E-state index is 12.0. The normalized spacial score (nSPS) is 14.3. The Labute approximate surface area is 210 Å². The lowest BCUT2D eigenvalue weighted by Gasteiger charge is -2.30. The summed E-state index contributed by atoms with van der Waals surface area (Å²) in [4.78, 5) is 43.5. The predicted octanol–water partition coefficient (Wildman–Crippen LogP) is 2.88. The molecule has 1 amide bonds. The summed E-state index contributed by atoms with van der Waals surface area (Å²) in [5.74, 6) is 1.09. The number of nitrogens with zero attached hydrogens (tertiary/aromatic N) is 5. The minimum absolute atomic E-state index is 0.0187. The number of methoxy groups -OCH3 is 1. The maximum atomic E-state index is 12.0. The predicted molar refractivity (Wildman–Crippen MR) is 131 cm³/mol. The standard InChI is InChI=1S/C24H34N6O6/c1-15(2)34-24(32)36-30-11-9-18(10-12-30)35-23-21(33-6)22(25-14-26-23)28-19-8-7-17(27-16(19)3)13-20(31)29(4)5/h7-8,14-15,18H,9-13H2,1-6H3,(H,25,26,28). The first-order valence-corrected chi connectivity index (χ1v) is 11.8. The van der Waals surface area contributed by atoms with E-state index in [4.69, 9.17) is 19.0 Å². The van der Waals surface area contributed by atoms with Gasteiger partial charge in [-0.1, -0.05) is 0 Å². The zero-order valence-electron chi connectivity index (χ0n) is 21.6. The van der Waals surface area contributed by atoms with Crippen LogP contribution in [0.5, 0.6) is 11.6 Å². The summed E-state index contributed by atoms with van der Waals surface area (Å²) in [5, 5.41) is 4.79. The van der Waals surface area contributed by atoms with Crippen molar-refractivity contribution in [3.8, 4) is 11.6 Å². The molecule has 1 saturated heterocycles. The molecule has 0 aliphatic carbocycles. The number of aryl methyl sites for hydroxylation is 1. The highest BCUT2D eigenvalue weighted by molar-refractivity contribution is 5.78. The van der Waals surface area contributed by atoms with E-state index in [0.717, 1.165) is 5.69 Å². The summed E-state index contributed by atoms with van der Waals surface area (Å²) in [5.41, 5.74) is 2.12. The van der Waals surface area contributed by atoms with E-state index in [9.17, 15) is 9.59 Å². The topological polar surface area (TPSA) is 128 Å². The molecular weight excluding hydrogens is 468 g/mol. The van der Waals surface area contributed by atoms with Gasteiger partial charge in [0.2, 0.25) is 11.7 Å². The van der Waals surface area contributed by atoms with E-state index in [1.54, 1.807) is 39.1 Å². The number of carbonyl (C=O) groups is 2. The van der Waals surface area contributed by atoms with Crippen molar-refractivity contribution in [2.45, 2.75) is 52.2 Å². The van der Waals surface area contributed by atoms with Gasteiger partial charge in [0, 0.05) is 40.0 Å². The van der Waals surface area contributed by atoms with Gasteiger partial charge in [0.25, 0.3) is 5.88 Å². The number of nitrogens with one attached hydrogen (secondary N) is 1. The van der Waals surface area contributed by atoms with E-state index in [-0.39, 0.29) is 24.5 Å². The summed E-state index contributed by atoms with van der Waals surface area (Å²) in [7, 11) is 4.95. The van der Waals surface area contributed by atoms with Crippen LogP contribution in [0.3, 0.4) is 0 Å². The molecule has 12 heteroatoms. The molecule has 0 spiro atoms. The first-order chi connectivity index (χ1) is 17.2. The van der Waals surface area contributed by atoms with E-state index in [1.807, 2.05) is 13.0 Å². The molecule has 1 N–H and O–H groups in total. The molecule has 2 aromatic rings. The Bertz CT molecular complexity index is 1060. The molecule has 0 unspecified atom stereocenters. The van der Waals surface area contributed by atoms with Crippen LogP contribution in [0.2, 0.25) is 0 Å². The first kappa shape index (κ1) is 26.9. The van der Waals surface area contributed by atoms with E-state index in [1.165, 1.54) is 18.3 Å². The van der Waals surface area contributed by atoms with E-state index >= 15 is 0 Å². The number of carbonyl (C=O) groups excluding carboxylic acids is 2. The van der Waals surface area contributed by atoms with E-state index < -0.39 is 6.16 Å². The Hall–Kier alpha value is -3.67. The minimum Gasteiger partial charge on any atom is -0.489 e. The van der Waals surface area contributed by atoms with Gasteiger partial charge in [0.1, 0.15) is 12.4 Å². The average Bonchev–Trinajstić information content (AvgIpc) is 2.81. The van der Waals surface area contributed by atoms with Crippen molar-refractivity contribution in [3.05, 3.63) is 29.8 Å². The Morgan fingerprint density at radius 1 is 1.19 bits per heavy atom. The van der Waals surface area contributed by atoms with Crippen LogP contribution in [-0.4, -0.2) is 83.5 Å². The summed E-state index contributed by atoms with van der Waals surface area (Å²) >= 11 is 0. The number of hydrogen-bond acceptors (Lipinski definition) is 11. The molecule has 36 heavy (non-hydrogen) atoms. The SMILES string of the molecule is COc1c(Nc2ccc(CC(=O)N(C)C)nc2C)ncnc1OC1CCN(OC(=O)OC(C)C)CC1. The number of ether oxygens (including phenoxy) is 3. The van der Waals surface area contributed by atoms with Gasteiger partial charge in [-0.2, -0.15) is 4.98 Å². The number of aromatic nitrogens is 3. The fraction of sp³-hybridized carbons (Fsp3) is 0.542. The molecule has 0 bridgehead atoms. The highest BCUT2D eigenvalue weighted by Crippen LogP contribution is 2.35. The van der Waals surface area contributed by atoms with Gasteiger partial charge in [-0.05, 0) is 32.9 Å². The molecular formula is C24H34N6O6. The van der Waals surface area contributed by atoms with Gasteiger partial charge in [-0.15, -0.1) is 5.06 Å². The largest absolute Gasteiger partial charge is 0.528 e. The Morgan fingerprint density at radius 2 is 1.92 bits per heavy atom.